The molecule has 204 valence electrons. The molecule has 0 spiro atoms. The topological polar surface area (TPSA) is 53.4 Å². The van der Waals surface area contributed by atoms with E-state index in [0.717, 1.165) is 56.4 Å². The fourth-order valence-electron chi connectivity index (χ4n) is 4.73. The number of nitrogens with one attached hydrogen (secondary N) is 1. The monoisotopic (exact) mass is 587 g/mol. The second kappa shape index (κ2) is 14.8. The summed E-state index contributed by atoms with van der Waals surface area (Å²) in [7, 11) is 0. The molecule has 2 aromatic carbocycles. The highest BCUT2D eigenvalue weighted by atomic mass is 35.5. The Labute approximate surface area is 244 Å². The zero-order valence-electron chi connectivity index (χ0n) is 21.8. The van der Waals surface area contributed by atoms with Crippen molar-refractivity contribution in [2.24, 2.45) is 0 Å². The van der Waals surface area contributed by atoms with E-state index in [1.54, 1.807) is 0 Å². The van der Waals surface area contributed by atoms with Crippen LogP contribution in [0.25, 0.3) is 5.69 Å². The van der Waals surface area contributed by atoms with Crippen LogP contribution in [0.15, 0.2) is 42.5 Å². The van der Waals surface area contributed by atoms with E-state index in [0.29, 0.717) is 17.3 Å². The minimum Gasteiger partial charge on any atom is -0.369 e. The SMILES string of the molecule is Cc1cccc(N2CCN(CCCNC(=O)c3nc(C)n(-c4cccc(Cl)c4)c3C)CC2)c1C.Cl.Cl.Cl. The van der Waals surface area contributed by atoms with Crippen LogP contribution >= 0.6 is 48.8 Å². The van der Waals surface area contributed by atoms with E-state index >= 15 is 0 Å². The molecule has 1 aliphatic rings. The van der Waals surface area contributed by atoms with Gasteiger partial charge in [0.2, 0.25) is 0 Å². The molecule has 37 heavy (non-hydrogen) atoms. The number of benzene rings is 2. The second-order valence-electron chi connectivity index (χ2n) is 9.07. The lowest BCUT2D eigenvalue weighted by Gasteiger charge is -2.37. The largest absolute Gasteiger partial charge is 0.369 e. The summed E-state index contributed by atoms with van der Waals surface area (Å²) in [5.74, 6) is 0.646. The van der Waals surface area contributed by atoms with E-state index in [9.17, 15) is 4.79 Å². The number of carbonyl (C=O) groups excluding carboxylic acids is 1. The predicted octanol–water partition coefficient (Wildman–Crippen LogP) is 5.97. The lowest BCUT2D eigenvalue weighted by Crippen LogP contribution is -2.47. The summed E-state index contributed by atoms with van der Waals surface area (Å²) in [6.07, 6.45) is 0.919. The number of hydrogen-bond donors (Lipinski definition) is 1. The van der Waals surface area contributed by atoms with Gasteiger partial charge in [-0.1, -0.05) is 29.8 Å². The van der Waals surface area contributed by atoms with Gasteiger partial charge < -0.3 is 14.8 Å². The maximum atomic E-state index is 12.8. The Morgan fingerprint density at radius 3 is 2.32 bits per heavy atom. The molecule has 1 aliphatic heterocycles. The lowest BCUT2D eigenvalue weighted by molar-refractivity contribution is 0.0946. The number of rotatable bonds is 7. The number of piperazine rings is 1. The van der Waals surface area contributed by atoms with Gasteiger partial charge in [0.05, 0.1) is 5.69 Å². The van der Waals surface area contributed by atoms with Crippen LogP contribution in [0.4, 0.5) is 5.69 Å². The van der Waals surface area contributed by atoms with Gasteiger partial charge >= 0.3 is 0 Å². The van der Waals surface area contributed by atoms with Crippen molar-refractivity contribution in [2.45, 2.75) is 34.1 Å². The minimum absolute atomic E-state index is 0. The van der Waals surface area contributed by atoms with Gasteiger partial charge in [-0.2, -0.15) is 0 Å². The van der Waals surface area contributed by atoms with E-state index in [1.165, 1.54) is 16.8 Å². The Kier molecular flexibility index (Phi) is 13.3. The van der Waals surface area contributed by atoms with Gasteiger partial charge in [-0.15, -0.1) is 37.2 Å². The van der Waals surface area contributed by atoms with Crippen LogP contribution in [0.3, 0.4) is 0 Å². The fraction of sp³-hybridized carbons (Fsp3) is 0.407. The highest BCUT2D eigenvalue weighted by Crippen LogP contribution is 2.24. The van der Waals surface area contributed by atoms with Gasteiger partial charge in [0.25, 0.3) is 5.91 Å². The van der Waals surface area contributed by atoms with Gasteiger partial charge in [0.1, 0.15) is 11.5 Å². The molecule has 1 N–H and O–H groups in total. The van der Waals surface area contributed by atoms with Gasteiger partial charge in [-0.25, -0.2) is 4.98 Å². The number of aryl methyl sites for hydroxylation is 2. The summed E-state index contributed by atoms with van der Waals surface area (Å²) in [6, 6.07) is 14.1. The highest BCUT2D eigenvalue weighted by molar-refractivity contribution is 6.30. The number of amides is 1. The Hall–Kier alpha value is -1.96. The summed E-state index contributed by atoms with van der Waals surface area (Å²) in [5.41, 5.74) is 6.28. The molecule has 1 saturated heterocycles. The predicted molar refractivity (Wildman–Crippen MR) is 161 cm³/mol. The van der Waals surface area contributed by atoms with Crippen molar-refractivity contribution >= 4 is 60.4 Å². The van der Waals surface area contributed by atoms with Crippen LogP contribution in [0.2, 0.25) is 5.02 Å². The number of anilines is 1. The van der Waals surface area contributed by atoms with E-state index in [4.69, 9.17) is 11.6 Å². The van der Waals surface area contributed by atoms with Crippen LogP contribution in [0.1, 0.15) is 39.6 Å². The summed E-state index contributed by atoms with van der Waals surface area (Å²) < 4.78 is 1.97. The third-order valence-corrected chi connectivity index (χ3v) is 7.02. The molecule has 1 fully saturated rings. The summed E-state index contributed by atoms with van der Waals surface area (Å²) in [5, 5.41) is 3.71. The fourth-order valence-corrected chi connectivity index (χ4v) is 4.92. The van der Waals surface area contributed by atoms with Crippen molar-refractivity contribution < 1.29 is 4.79 Å². The third kappa shape index (κ3) is 7.78. The van der Waals surface area contributed by atoms with Crippen molar-refractivity contribution in [3.63, 3.8) is 0 Å². The first kappa shape index (κ1) is 33.1. The molecule has 10 heteroatoms. The molecule has 0 unspecified atom stereocenters. The molecule has 2 heterocycles. The molecular weight excluding hydrogens is 552 g/mol. The van der Waals surface area contributed by atoms with Gasteiger partial charge in [-0.05, 0) is 76.1 Å². The van der Waals surface area contributed by atoms with Gasteiger partial charge in [0.15, 0.2) is 0 Å². The van der Waals surface area contributed by atoms with Crippen LogP contribution in [0, 0.1) is 27.7 Å². The minimum atomic E-state index is -0.124. The maximum absolute atomic E-state index is 12.8. The number of nitrogens with zero attached hydrogens (tertiary/aromatic N) is 4. The van der Waals surface area contributed by atoms with Crippen molar-refractivity contribution in [1.29, 1.82) is 0 Å². The van der Waals surface area contributed by atoms with Gasteiger partial charge in [0, 0.05) is 49.1 Å². The van der Waals surface area contributed by atoms with Gasteiger partial charge in [-0.3, -0.25) is 9.69 Å². The first-order chi connectivity index (χ1) is 16.3. The Balaban J connectivity index is 0.00000228. The quantitative estimate of drug-likeness (QED) is 0.346. The average molecular weight is 589 g/mol. The second-order valence-corrected chi connectivity index (χ2v) is 9.50. The van der Waals surface area contributed by atoms with E-state index in [-0.39, 0.29) is 43.1 Å². The molecule has 1 amide bonds. The Morgan fingerprint density at radius 2 is 1.65 bits per heavy atom. The van der Waals surface area contributed by atoms with Crippen molar-refractivity contribution in [3.05, 3.63) is 75.8 Å². The van der Waals surface area contributed by atoms with E-state index < -0.39 is 0 Å². The summed E-state index contributed by atoms with van der Waals surface area (Å²) in [4.78, 5) is 22.3. The smallest absolute Gasteiger partial charge is 0.271 e. The van der Waals surface area contributed by atoms with Crippen LogP contribution in [-0.2, 0) is 0 Å². The van der Waals surface area contributed by atoms with Crippen LogP contribution in [-0.4, -0.2) is 59.6 Å². The Morgan fingerprint density at radius 1 is 0.973 bits per heavy atom. The normalized spacial score (nSPS) is 13.3. The molecule has 0 radical (unpaired) electrons. The molecule has 6 nitrogen and oxygen atoms in total. The van der Waals surface area contributed by atoms with Crippen LogP contribution in [0.5, 0.6) is 0 Å². The molecule has 0 aliphatic carbocycles. The first-order valence-corrected chi connectivity index (χ1v) is 12.4. The molecule has 0 atom stereocenters. The number of imidazole rings is 1. The molecule has 0 saturated carbocycles. The number of hydrogen-bond acceptors (Lipinski definition) is 4. The summed E-state index contributed by atoms with van der Waals surface area (Å²) in [6.45, 7) is 14.0. The molecule has 4 rings (SSSR count). The third-order valence-electron chi connectivity index (χ3n) is 6.78. The highest BCUT2D eigenvalue weighted by Gasteiger charge is 2.20. The average Bonchev–Trinajstić information content (AvgIpc) is 3.13. The van der Waals surface area contributed by atoms with Crippen molar-refractivity contribution in [3.8, 4) is 5.69 Å². The van der Waals surface area contributed by atoms with Crippen LogP contribution < -0.4 is 10.2 Å². The zero-order chi connectivity index (χ0) is 24.2. The first-order valence-electron chi connectivity index (χ1n) is 12.0. The van der Waals surface area contributed by atoms with E-state index in [1.807, 2.05) is 42.7 Å². The van der Waals surface area contributed by atoms with Crippen molar-refractivity contribution in [2.75, 3.05) is 44.2 Å². The van der Waals surface area contributed by atoms with E-state index in [2.05, 4.69) is 52.1 Å². The molecule has 3 aromatic rings. The number of halogens is 4. The number of carbonyl (C=O) groups is 1. The zero-order valence-corrected chi connectivity index (χ0v) is 25.0. The van der Waals surface area contributed by atoms with Crippen molar-refractivity contribution in [1.82, 2.24) is 19.8 Å². The molecule has 1 aromatic heterocycles. The molecular formula is C27H37Cl4N5O. The lowest BCUT2D eigenvalue weighted by atomic mass is 10.1. The summed E-state index contributed by atoms with van der Waals surface area (Å²) >= 11 is 6.15. The maximum Gasteiger partial charge on any atom is 0.271 e. The molecule has 0 bridgehead atoms. The Bertz CT molecular complexity index is 1180. The standard InChI is InChI=1S/C27H34ClN5O.3ClH/c1-19-8-5-11-25(20(19)2)32-16-14-31(15-17-32)13-7-12-29-27(34)26-21(3)33(22(4)30-26)24-10-6-9-23(28)18-24;;;/h5-6,8-11,18H,7,12-17H2,1-4H3,(H,29,34);3*1H. The number of aromatic nitrogens is 2.